The molecule has 1 saturated carbocycles. The summed E-state index contributed by atoms with van der Waals surface area (Å²) in [7, 11) is 0. The first-order valence-electron chi connectivity index (χ1n) is 11.1. The van der Waals surface area contributed by atoms with Gasteiger partial charge >= 0.3 is 5.97 Å². The number of fused-ring (bicyclic) bond motifs is 1. The maximum atomic E-state index is 12.6. The standard InChI is InChI=1S/C23H40O6/c1-5-6-7-8-9-10-19(27)29-17-13-16(14-24)23(28,15-25)22(4)18(26)11-12-21(2,3)20(17)22/h13,17-18,20,24-26,28H,5-12,14-15H2,1-4H3/t17-,18+,20-,22-,23-/m1/s1. The summed E-state index contributed by atoms with van der Waals surface area (Å²) in [5.74, 6) is -0.692. The minimum Gasteiger partial charge on any atom is -0.458 e. The zero-order chi connectivity index (χ0) is 21.9. The Balaban J connectivity index is 2.31. The maximum absolute atomic E-state index is 12.6. The van der Waals surface area contributed by atoms with E-state index in [1.165, 1.54) is 0 Å². The molecule has 29 heavy (non-hydrogen) atoms. The molecule has 5 atom stereocenters. The van der Waals surface area contributed by atoms with Crippen LogP contribution in [0.2, 0.25) is 0 Å². The molecule has 2 rings (SSSR count). The van der Waals surface area contributed by atoms with Crippen LogP contribution in [-0.2, 0) is 9.53 Å². The lowest BCUT2D eigenvalue weighted by Gasteiger charge is -2.63. The van der Waals surface area contributed by atoms with Crippen molar-refractivity contribution in [3.63, 3.8) is 0 Å². The smallest absolute Gasteiger partial charge is 0.306 e. The minimum atomic E-state index is -1.77. The molecule has 0 spiro atoms. The zero-order valence-corrected chi connectivity index (χ0v) is 18.5. The van der Waals surface area contributed by atoms with Crippen molar-refractivity contribution in [2.45, 2.75) is 96.9 Å². The van der Waals surface area contributed by atoms with Crippen molar-refractivity contribution in [2.75, 3.05) is 13.2 Å². The highest BCUT2D eigenvalue weighted by Crippen LogP contribution is 2.61. The second kappa shape index (κ2) is 9.46. The van der Waals surface area contributed by atoms with E-state index in [4.69, 9.17) is 4.74 Å². The average molecular weight is 413 g/mol. The van der Waals surface area contributed by atoms with Crippen LogP contribution in [0.1, 0.15) is 79.1 Å². The minimum absolute atomic E-state index is 0.205. The molecule has 0 aromatic rings. The molecule has 0 aromatic heterocycles. The summed E-state index contributed by atoms with van der Waals surface area (Å²) < 4.78 is 5.86. The Bertz CT molecular complexity index is 600. The van der Waals surface area contributed by atoms with Crippen molar-refractivity contribution in [2.24, 2.45) is 16.7 Å². The molecule has 2 aliphatic rings. The third-order valence-electron chi connectivity index (χ3n) is 7.51. The van der Waals surface area contributed by atoms with Crippen molar-refractivity contribution in [3.05, 3.63) is 11.6 Å². The first-order valence-corrected chi connectivity index (χ1v) is 11.1. The SMILES string of the molecule is CCCCCCCC(=O)O[C@@H]1C=C(CO)[C@](O)(CO)[C@@]2(C)[C@H]1C(C)(C)CC[C@@H]2O. The van der Waals surface area contributed by atoms with Crippen molar-refractivity contribution < 1.29 is 30.0 Å². The van der Waals surface area contributed by atoms with Gasteiger partial charge in [0.1, 0.15) is 11.7 Å². The van der Waals surface area contributed by atoms with Crippen LogP contribution in [0.3, 0.4) is 0 Å². The monoisotopic (exact) mass is 412 g/mol. The number of ether oxygens (including phenoxy) is 1. The Morgan fingerprint density at radius 3 is 2.41 bits per heavy atom. The van der Waals surface area contributed by atoms with Gasteiger partial charge in [-0.15, -0.1) is 0 Å². The lowest BCUT2D eigenvalue weighted by atomic mass is 9.45. The number of carbonyl (C=O) groups is 1. The molecule has 0 heterocycles. The number of unbranched alkanes of at least 4 members (excludes halogenated alkanes) is 4. The van der Waals surface area contributed by atoms with E-state index < -0.39 is 42.4 Å². The van der Waals surface area contributed by atoms with Crippen LogP contribution in [0.4, 0.5) is 0 Å². The number of esters is 1. The molecule has 0 aromatic carbocycles. The predicted octanol–water partition coefficient (Wildman–Crippen LogP) is 2.72. The molecule has 0 bridgehead atoms. The Hall–Kier alpha value is -0.950. The quantitative estimate of drug-likeness (QED) is 0.264. The Morgan fingerprint density at radius 2 is 1.83 bits per heavy atom. The van der Waals surface area contributed by atoms with Gasteiger partial charge in [-0.2, -0.15) is 0 Å². The number of aliphatic hydroxyl groups is 4. The molecule has 0 unspecified atom stereocenters. The molecular formula is C23H40O6. The Morgan fingerprint density at radius 1 is 1.17 bits per heavy atom. The van der Waals surface area contributed by atoms with Crippen molar-refractivity contribution >= 4 is 5.97 Å². The highest BCUT2D eigenvalue weighted by molar-refractivity contribution is 5.69. The van der Waals surface area contributed by atoms with E-state index in [2.05, 4.69) is 6.92 Å². The Kier molecular flexibility index (Phi) is 7.93. The first kappa shape index (κ1) is 24.3. The van der Waals surface area contributed by atoms with Crippen LogP contribution in [0.5, 0.6) is 0 Å². The summed E-state index contributed by atoms with van der Waals surface area (Å²) >= 11 is 0. The topological polar surface area (TPSA) is 107 Å². The number of hydrogen-bond acceptors (Lipinski definition) is 6. The van der Waals surface area contributed by atoms with Gasteiger partial charge in [-0.25, -0.2) is 0 Å². The van der Waals surface area contributed by atoms with Gasteiger partial charge in [-0.3, -0.25) is 4.79 Å². The second-order valence-corrected chi connectivity index (χ2v) is 9.79. The van der Waals surface area contributed by atoms with Gasteiger partial charge in [0.05, 0.1) is 19.3 Å². The third-order valence-corrected chi connectivity index (χ3v) is 7.51. The number of carbonyl (C=O) groups excluding carboxylic acids is 1. The number of hydrogen-bond donors (Lipinski definition) is 4. The predicted molar refractivity (Wildman–Crippen MR) is 111 cm³/mol. The van der Waals surface area contributed by atoms with E-state index in [0.717, 1.165) is 32.1 Å². The van der Waals surface area contributed by atoms with Crippen LogP contribution in [0.15, 0.2) is 11.6 Å². The maximum Gasteiger partial charge on any atom is 0.306 e. The molecule has 0 amide bonds. The number of rotatable bonds is 9. The van der Waals surface area contributed by atoms with Gasteiger partial charge in [0.15, 0.2) is 0 Å². The van der Waals surface area contributed by atoms with Gasteiger partial charge in [-0.1, -0.05) is 53.4 Å². The molecular weight excluding hydrogens is 372 g/mol. The third kappa shape index (κ3) is 4.41. The van der Waals surface area contributed by atoms with Crippen molar-refractivity contribution in [1.29, 1.82) is 0 Å². The van der Waals surface area contributed by atoms with Crippen LogP contribution < -0.4 is 0 Å². The number of aliphatic hydroxyl groups excluding tert-OH is 3. The fraction of sp³-hybridized carbons (Fsp3) is 0.870. The summed E-state index contributed by atoms with van der Waals surface area (Å²) in [5, 5.41) is 42.3. The van der Waals surface area contributed by atoms with Crippen molar-refractivity contribution in [3.8, 4) is 0 Å². The van der Waals surface area contributed by atoms with E-state index in [9.17, 15) is 25.2 Å². The highest BCUT2D eigenvalue weighted by Gasteiger charge is 2.67. The summed E-state index contributed by atoms with van der Waals surface area (Å²) in [4.78, 5) is 12.6. The van der Waals surface area contributed by atoms with E-state index in [0.29, 0.717) is 19.3 Å². The van der Waals surface area contributed by atoms with E-state index in [1.807, 2.05) is 13.8 Å². The first-order chi connectivity index (χ1) is 13.6. The van der Waals surface area contributed by atoms with Crippen LogP contribution >= 0.6 is 0 Å². The normalized spacial score (nSPS) is 36.3. The van der Waals surface area contributed by atoms with Crippen LogP contribution in [0.25, 0.3) is 0 Å². The van der Waals surface area contributed by atoms with Crippen LogP contribution in [-0.4, -0.2) is 57.4 Å². The van der Waals surface area contributed by atoms with Crippen LogP contribution in [0, 0.1) is 16.7 Å². The molecule has 6 nitrogen and oxygen atoms in total. The fourth-order valence-electron chi connectivity index (χ4n) is 5.72. The van der Waals surface area contributed by atoms with Gasteiger partial charge in [0.2, 0.25) is 0 Å². The van der Waals surface area contributed by atoms with E-state index >= 15 is 0 Å². The molecule has 0 saturated heterocycles. The summed E-state index contributed by atoms with van der Waals surface area (Å²) in [6, 6.07) is 0. The lowest BCUT2D eigenvalue weighted by molar-refractivity contribution is -0.237. The largest absolute Gasteiger partial charge is 0.458 e. The lowest BCUT2D eigenvalue weighted by Crippen LogP contribution is -2.70. The van der Waals surface area contributed by atoms with Gasteiger partial charge in [-0.05, 0) is 36.3 Å². The fourth-order valence-corrected chi connectivity index (χ4v) is 5.72. The molecule has 2 aliphatic carbocycles. The van der Waals surface area contributed by atoms with Gasteiger partial charge in [0.25, 0.3) is 0 Å². The molecule has 4 N–H and O–H groups in total. The Labute approximate surface area is 175 Å². The zero-order valence-electron chi connectivity index (χ0n) is 18.5. The molecule has 1 fully saturated rings. The molecule has 0 aliphatic heterocycles. The molecule has 0 radical (unpaired) electrons. The van der Waals surface area contributed by atoms with Crippen molar-refractivity contribution in [1.82, 2.24) is 0 Å². The summed E-state index contributed by atoms with van der Waals surface area (Å²) in [5.41, 5.74) is -3.05. The molecule has 168 valence electrons. The molecule has 6 heteroatoms. The van der Waals surface area contributed by atoms with Gasteiger partial charge < -0.3 is 25.2 Å². The second-order valence-electron chi connectivity index (χ2n) is 9.79. The van der Waals surface area contributed by atoms with Gasteiger partial charge in [0, 0.05) is 17.8 Å². The summed E-state index contributed by atoms with van der Waals surface area (Å²) in [6.45, 7) is 6.89. The summed E-state index contributed by atoms with van der Waals surface area (Å²) in [6.07, 6.45) is 6.73. The van der Waals surface area contributed by atoms with E-state index in [1.54, 1.807) is 13.0 Å². The highest BCUT2D eigenvalue weighted by atomic mass is 16.5. The van der Waals surface area contributed by atoms with E-state index in [-0.39, 0.29) is 17.0 Å². The average Bonchev–Trinajstić information content (AvgIpc) is 2.67.